The van der Waals surface area contributed by atoms with Crippen molar-refractivity contribution < 1.29 is 100 Å². The molecular weight excluding hydrogens is 882 g/mol. The molecule has 0 radical (unpaired) electrons. The molecule has 8 atom stereocenters. The Bertz CT molecular complexity index is 1880. The molecule has 24 nitrogen and oxygen atoms in total. The van der Waals surface area contributed by atoms with Crippen LogP contribution < -0.4 is 15.4 Å². The van der Waals surface area contributed by atoms with Gasteiger partial charge in [-0.2, -0.15) is 0 Å². The third kappa shape index (κ3) is 17.3. The lowest BCUT2D eigenvalue weighted by Gasteiger charge is -2.29. The maximum absolute atomic E-state index is 12.9. The van der Waals surface area contributed by atoms with Crippen LogP contribution in [0.4, 0.5) is 4.79 Å². The fraction of sp³-hybridized carbons (Fsp3) is 0.643. The lowest BCUT2D eigenvalue weighted by Crippen LogP contribution is -2.48. The predicted molar refractivity (Wildman–Crippen MR) is 220 cm³/mol. The van der Waals surface area contributed by atoms with Crippen LogP contribution in [-0.4, -0.2) is 146 Å². The molecule has 0 bridgehead atoms. The highest BCUT2D eigenvalue weighted by Crippen LogP contribution is 2.29. The Balaban J connectivity index is 0.000000457. The van der Waals surface area contributed by atoms with Gasteiger partial charge in [0.1, 0.15) is 42.9 Å². The average Bonchev–Trinajstić information content (AvgIpc) is 3.29. The fourth-order valence-electron chi connectivity index (χ4n) is 5.86. The quantitative estimate of drug-likeness (QED) is 0.0908. The number of aromatic hydroxyl groups is 1. The molecule has 24 heteroatoms. The average molecular weight is 942 g/mol. The number of rotatable bonds is 16. The SMILES string of the molecule is CC(C)C(=O)O[C@H]1[C@H](C)OC(=O)[C@@H](NC(=O)OC(C)(C)C)COC(=O)[C@@H]1CCOC=O.COc1ccnc(C(=O)N[C@H]2COC(=O)[C@H](CCOC=O)[C@@H](OC(=O)C(C)C)[C@H](C)OC2=O)c1O. The van der Waals surface area contributed by atoms with E-state index in [0.29, 0.717) is 0 Å². The van der Waals surface area contributed by atoms with Gasteiger partial charge in [0, 0.05) is 12.3 Å². The predicted octanol–water partition coefficient (Wildman–Crippen LogP) is 1.25. The Hall–Kier alpha value is -6.75. The number of carbonyl (C=O) groups excluding carboxylic acids is 10. The molecule has 2 aliphatic rings. The zero-order valence-electron chi connectivity index (χ0n) is 38.4. The van der Waals surface area contributed by atoms with Crippen molar-refractivity contribution in [1.29, 1.82) is 0 Å². The van der Waals surface area contributed by atoms with Crippen LogP contribution in [0, 0.1) is 23.7 Å². The lowest BCUT2D eigenvalue weighted by atomic mass is 9.95. The van der Waals surface area contributed by atoms with Crippen LogP contribution in [0.2, 0.25) is 0 Å². The van der Waals surface area contributed by atoms with Gasteiger partial charge in [0.2, 0.25) is 0 Å². The molecule has 3 N–H and O–H groups in total. The summed E-state index contributed by atoms with van der Waals surface area (Å²) in [6, 6.07) is -1.46. The summed E-state index contributed by atoms with van der Waals surface area (Å²) in [6.45, 7) is 13.2. The molecule has 3 heterocycles. The van der Waals surface area contributed by atoms with Crippen LogP contribution in [0.25, 0.3) is 0 Å². The third-order valence-corrected chi connectivity index (χ3v) is 9.28. The number of hydrogen-bond acceptors (Lipinski definition) is 22. The molecule has 368 valence electrons. The van der Waals surface area contributed by atoms with E-state index in [9.17, 15) is 53.1 Å². The highest BCUT2D eigenvalue weighted by Gasteiger charge is 2.44. The number of esters is 6. The Kier molecular flexibility index (Phi) is 22.0. The minimum absolute atomic E-state index is 0.0163. The first-order valence-corrected chi connectivity index (χ1v) is 20.7. The van der Waals surface area contributed by atoms with Crippen LogP contribution in [0.1, 0.15) is 85.6 Å². The van der Waals surface area contributed by atoms with E-state index in [1.54, 1.807) is 48.5 Å². The number of amides is 2. The van der Waals surface area contributed by atoms with Crippen molar-refractivity contribution >= 4 is 60.8 Å². The maximum Gasteiger partial charge on any atom is 0.408 e. The Morgan fingerprint density at radius 2 is 1.21 bits per heavy atom. The highest BCUT2D eigenvalue weighted by atomic mass is 16.6. The van der Waals surface area contributed by atoms with Crippen molar-refractivity contribution in [1.82, 2.24) is 15.6 Å². The van der Waals surface area contributed by atoms with Crippen LogP contribution in [0.3, 0.4) is 0 Å². The molecule has 2 amide bonds. The number of nitrogens with zero attached hydrogens (tertiary/aromatic N) is 1. The van der Waals surface area contributed by atoms with E-state index in [1.807, 2.05) is 0 Å². The molecule has 3 rings (SSSR count). The molecule has 0 spiro atoms. The van der Waals surface area contributed by atoms with Gasteiger partial charge < -0.3 is 63.1 Å². The van der Waals surface area contributed by atoms with Gasteiger partial charge in [0.05, 0.1) is 32.2 Å². The molecular formula is C42H59N3O21. The summed E-state index contributed by atoms with van der Waals surface area (Å²) in [5.74, 6) is -9.51. The van der Waals surface area contributed by atoms with Crippen molar-refractivity contribution in [2.24, 2.45) is 23.7 Å². The first-order chi connectivity index (χ1) is 30.9. The molecule has 0 aromatic carbocycles. The van der Waals surface area contributed by atoms with E-state index in [1.165, 1.54) is 33.2 Å². The Morgan fingerprint density at radius 1 is 0.773 bits per heavy atom. The third-order valence-electron chi connectivity index (χ3n) is 9.28. The topological polar surface area (TPSA) is 320 Å². The van der Waals surface area contributed by atoms with Crippen molar-refractivity contribution in [3.8, 4) is 11.5 Å². The number of ether oxygens (including phenoxy) is 10. The number of methoxy groups -OCH3 is 1. The summed E-state index contributed by atoms with van der Waals surface area (Å²) in [6.07, 6.45) is -4.37. The summed E-state index contributed by atoms with van der Waals surface area (Å²) in [7, 11) is 1.28. The van der Waals surface area contributed by atoms with E-state index >= 15 is 0 Å². The van der Waals surface area contributed by atoms with Crippen molar-refractivity contribution in [3.05, 3.63) is 18.0 Å². The van der Waals surface area contributed by atoms with Crippen LogP contribution >= 0.6 is 0 Å². The van der Waals surface area contributed by atoms with Gasteiger partial charge in [-0.05, 0) is 47.5 Å². The number of cyclic esters (lactones) is 4. The number of carbonyl (C=O) groups is 10. The molecule has 1 aromatic heterocycles. The minimum Gasteiger partial charge on any atom is -0.503 e. The standard InChI is InChI=1S/C22H28N2O11.C20H31NO10/c1-11(2)20(28)35-18-12(3)34-22(30)14(9-33-21(29)13(18)6-8-32-10-25)24-19(27)16-17(26)15(31-4)5-7-23-16;1-11(2)16(23)30-15-12(3)29-18(25)14(21-19(26)31-20(4,5)6)9-28-17(24)13(15)7-8-27-10-22/h5,7,10-14,18,26H,6,8-9H2,1-4H3,(H,24,27);10-15H,7-9H2,1-6H3,(H,21,26)/t12-,13+,14-,18-;12-,13+,14-,15-/m00/s1. The lowest BCUT2D eigenvalue weighted by molar-refractivity contribution is -0.177. The van der Waals surface area contributed by atoms with Gasteiger partial charge in [-0.1, -0.05) is 27.7 Å². The van der Waals surface area contributed by atoms with Crippen LogP contribution in [-0.2, 0) is 81.0 Å². The molecule has 1 aromatic rings. The van der Waals surface area contributed by atoms with Crippen LogP contribution in [0.15, 0.2) is 12.3 Å². The van der Waals surface area contributed by atoms with E-state index < -0.39 is 138 Å². The van der Waals surface area contributed by atoms with Gasteiger partial charge in [-0.15, -0.1) is 0 Å². The summed E-state index contributed by atoms with van der Waals surface area (Å²) in [4.78, 5) is 125. The van der Waals surface area contributed by atoms with Gasteiger partial charge in [0.15, 0.2) is 41.5 Å². The van der Waals surface area contributed by atoms with Crippen molar-refractivity contribution in [3.63, 3.8) is 0 Å². The molecule has 0 saturated carbocycles. The molecule has 2 fully saturated rings. The minimum atomic E-state index is -1.47. The van der Waals surface area contributed by atoms with E-state index in [-0.39, 0.29) is 44.7 Å². The van der Waals surface area contributed by atoms with Gasteiger partial charge >= 0.3 is 41.9 Å². The first-order valence-electron chi connectivity index (χ1n) is 20.7. The summed E-state index contributed by atoms with van der Waals surface area (Å²) >= 11 is 0. The maximum atomic E-state index is 12.9. The monoisotopic (exact) mass is 941 g/mol. The zero-order chi connectivity index (χ0) is 49.9. The zero-order valence-corrected chi connectivity index (χ0v) is 38.4. The number of hydrogen-bond donors (Lipinski definition) is 3. The normalized spacial score (nSPS) is 23.5. The first kappa shape index (κ1) is 55.4. The summed E-state index contributed by atoms with van der Waals surface area (Å²) in [5, 5.41) is 14.8. The van der Waals surface area contributed by atoms with Gasteiger partial charge in [-0.3, -0.25) is 33.6 Å². The molecule has 66 heavy (non-hydrogen) atoms. The molecule has 0 unspecified atom stereocenters. The van der Waals surface area contributed by atoms with Crippen molar-refractivity contribution in [2.75, 3.05) is 33.5 Å². The Morgan fingerprint density at radius 3 is 1.61 bits per heavy atom. The number of pyridine rings is 1. The molecule has 2 saturated heterocycles. The largest absolute Gasteiger partial charge is 0.503 e. The van der Waals surface area contributed by atoms with Gasteiger partial charge in [0.25, 0.3) is 18.9 Å². The summed E-state index contributed by atoms with van der Waals surface area (Å²) < 4.78 is 51.4. The molecule has 2 aliphatic heterocycles. The van der Waals surface area contributed by atoms with Gasteiger partial charge in [-0.25, -0.2) is 19.4 Å². The second kappa shape index (κ2) is 26.3. The van der Waals surface area contributed by atoms with E-state index in [2.05, 4.69) is 25.1 Å². The van der Waals surface area contributed by atoms with Crippen LogP contribution in [0.5, 0.6) is 11.5 Å². The number of aromatic nitrogens is 1. The second-order valence-electron chi connectivity index (χ2n) is 16.3. The second-order valence-corrected chi connectivity index (χ2v) is 16.3. The fourth-order valence-corrected chi connectivity index (χ4v) is 5.86. The van der Waals surface area contributed by atoms with E-state index in [0.717, 1.165) is 0 Å². The number of nitrogens with one attached hydrogen (secondary N) is 2. The van der Waals surface area contributed by atoms with E-state index in [4.69, 9.17) is 37.9 Å². The Labute approximate surface area is 380 Å². The highest BCUT2D eigenvalue weighted by molar-refractivity contribution is 5.98. The molecule has 0 aliphatic carbocycles. The number of alkyl carbamates (subject to hydrolysis) is 1. The smallest absolute Gasteiger partial charge is 0.408 e. The van der Waals surface area contributed by atoms with Crippen molar-refractivity contribution in [2.45, 2.75) is 117 Å². The summed E-state index contributed by atoms with van der Waals surface area (Å²) in [5.41, 5.74) is -1.24.